The third kappa shape index (κ3) is 4.21. The molecule has 0 aliphatic carbocycles. The maximum absolute atomic E-state index is 8.99. The molecule has 1 aromatic rings. The lowest BCUT2D eigenvalue weighted by atomic mass is 9.80. The Morgan fingerprint density at radius 3 is 2.74 bits per heavy atom. The Morgan fingerprint density at radius 1 is 1.37 bits per heavy atom. The van der Waals surface area contributed by atoms with Gasteiger partial charge in [-0.1, -0.05) is 12.1 Å². The third-order valence-electron chi connectivity index (χ3n) is 3.33. The van der Waals surface area contributed by atoms with Crippen molar-refractivity contribution in [2.24, 2.45) is 0 Å². The second-order valence-corrected chi connectivity index (χ2v) is 4.75. The van der Waals surface area contributed by atoms with Crippen molar-refractivity contribution in [3.63, 3.8) is 0 Å². The zero-order valence-electron chi connectivity index (χ0n) is 11.2. The summed E-state index contributed by atoms with van der Waals surface area (Å²) in [5, 5.41) is 18.0. The van der Waals surface area contributed by atoms with E-state index in [2.05, 4.69) is 11.8 Å². The number of hydrogen-bond donors (Lipinski definition) is 2. The first-order valence-corrected chi connectivity index (χ1v) is 6.57. The molecule has 2 rings (SSSR count). The summed E-state index contributed by atoms with van der Waals surface area (Å²) in [4.78, 5) is 2.34. The SMILES string of the molecule is CC1COCCN1CCOc1ccc(B(O)O)cc1. The Morgan fingerprint density at radius 2 is 2.11 bits per heavy atom. The van der Waals surface area contributed by atoms with Crippen LogP contribution in [0, 0.1) is 0 Å². The van der Waals surface area contributed by atoms with Gasteiger partial charge in [-0.3, -0.25) is 4.90 Å². The topological polar surface area (TPSA) is 62.2 Å². The molecule has 1 saturated heterocycles. The van der Waals surface area contributed by atoms with E-state index in [1.165, 1.54) is 0 Å². The molecule has 0 aromatic heterocycles. The summed E-state index contributed by atoms with van der Waals surface area (Å²) in [6, 6.07) is 7.23. The lowest BCUT2D eigenvalue weighted by Crippen LogP contribution is -2.45. The zero-order valence-corrected chi connectivity index (χ0v) is 11.2. The molecule has 5 nitrogen and oxygen atoms in total. The van der Waals surface area contributed by atoms with Crippen molar-refractivity contribution in [1.29, 1.82) is 0 Å². The molecule has 0 saturated carbocycles. The van der Waals surface area contributed by atoms with E-state index in [1.807, 2.05) is 0 Å². The molecule has 0 amide bonds. The highest BCUT2D eigenvalue weighted by Crippen LogP contribution is 2.09. The first kappa shape index (κ1) is 14.3. The van der Waals surface area contributed by atoms with E-state index >= 15 is 0 Å². The molecule has 1 atom stereocenters. The van der Waals surface area contributed by atoms with Crippen LogP contribution in [0.2, 0.25) is 0 Å². The van der Waals surface area contributed by atoms with Crippen LogP contribution in [0.25, 0.3) is 0 Å². The van der Waals surface area contributed by atoms with Gasteiger partial charge in [0.1, 0.15) is 12.4 Å². The fourth-order valence-corrected chi connectivity index (χ4v) is 2.11. The van der Waals surface area contributed by atoms with E-state index in [-0.39, 0.29) is 0 Å². The van der Waals surface area contributed by atoms with Crippen molar-refractivity contribution < 1.29 is 19.5 Å². The summed E-state index contributed by atoms with van der Waals surface area (Å²) in [6.07, 6.45) is 0. The lowest BCUT2D eigenvalue weighted by molar-refractivity contribution is -0.00514. The first-order valence-electron chi connectivity index (χ1n) is 6.57. The highest BCUT2D eigenvalue weighted by atomic mass is 16.5. The molecular formula is C13H20BNO4. The van der Waals surface area contributed by atoms with E-state index in [4.69, 9.17) is 19.5 Å². The number of nitrogens with zero attached hydrogens (tertiary/aromatic N) is 1. The number of benzene rings is 1. The molecule has 1 fully saturated rings. The van der Waals surface area contributed by atoms with Gasteiger partial charge in [-0.05, 0) is 24.5 Å². The van der Waals surface area contributed by atoms with E-state index in [1.54, 1.807) is 24.3 Å². The monoisotopic (exact) mass is 265 g/mol. The van der Waals surface area contributed by atoms with Gasteiger partial charge in [-0.2, -0.15) is 0 Å². The van der Waals surface area contributed by atoms with Crippen molar-refractivity contribution in [2.75, 3.05) is 32.9 Å². The van der Waals surface area contributed by atoms with E-state index < -0.39 is 7.12 Å². The minimum absolute atomic E-state index is 0.435. The van der Waals surface area contributed by atoms with E-state index in [0.717, 1.165) is 32.1 Å². The van der Waals surface area contributed by atoms with Gasteiger partial charge in [-0.25, -0.2) is 0 Å². The van der Waals surface area contributed by atoms with Crippen molar-refractivity contribution in [2.45, 2.75) is 13.0 Å². The van der Waals surface area contributed by atoms with Gasteiger partial charge in [0, 0.05) is 19.1 Å². The summed E-state index contributed by atoms with van der Waals surface area (Å²) >= 11 is 0. The predicted octanol–water partition coefficient (Wildman–Crippen LogP) is -0.534. The minimum Gasteiger partial charge on any atom is -0.492 e. The summed E-state index contributed by atoms with van der Waals surface area (Å²) < 4.78 is 11.0. The van der Waals surface area contributed by atoms with Crippen molar-refractivity contribution in [3.05, 3.63) is 24.3 Å². The fourth-order valence-electron chi connectivity index (χ4n) is 2.11. The molecule has 1 unspecified atom stereocenters. The van der Waals surface area contributed by atoms with Crippen molar-refractivity contribution in [3.8, 4) is 5.75 Å². The van der Waals surface area contributed by atoms with Crippen LogP contribution in [-0.4, -0.2) is 61.0 Å². The molecule has 19 heavy (non-hydrogen) atoms. The quantitative estimate of drug-likeness (QED) is 0.700. The van der Waals surface area contributed by atoms with Crippen molar-refractivity contribution >= 4 is 12.6 Å². The van der Waals surface area contributed by atoms with E-state index in [9.17, 15) is 0 Å². The predicted molar refractivity (Wildman–Crippen MR) is 73.6 cm³/mol. The van der Waals surface area contributed by atoms with Crippen LogP contribution in [0.3, 0.4) is 0 Å². The maximum atomic E-state index is 8.99. The molecule has 1 aliphatic rings. The van der Waals surface area contributed by atoms with Gasteiger partial charge in [0.05, 0.1) is 13.2 Å². The number of rotatable bonds is 5. The molecule has 0 spiro atoms. The van der Waals surface area contributed by atoms with Gasteiger partial charge in [0.25, 0.3) is 0 Å². The average Bonchev–Trinajstić information content (AvgIpc) is 2.41. The van der Waals surface area contributed by atoms with Gasteiger partial charge >= 0.3 is 7.12 Å². The molecule has 0 radical (unpaired) electrons. The summed E-state index contributed by atoms with van der Waals surface area (Å²) in [5.74, 6) is 0.741. The van der Waals surface area contributed by atoms with Crippen LogP contribution >= 0.6 is 0 Å². The Kier molecular flexibility index (Phi) is 5.21. The highest BCUT2D eigenvalue weighted by Gasteiger charge is 2.18. The molecule has 1 heterocycles. The van der Waals surface area contributed by atoms with Crippen LogP contribution in [0.15, 0.2) is 24.3 Å². The molecule has 104 valence electrons. The highest BCUT2D eigenvalue weighted by molar-refractivity contribution is 6.58. The largest absolute Gasteiger partial charge is 0.492 e. The van der Waals surface area contributed by atoms with Gasteiger partial charge in [0.15, 0.2) is 0 Å². The Labute approximate surface area is 113 Å². The number of hydrogen-bond acceptors (Lipinski definition) is 5. The number of morpholine rings is 1. The first-order chi connectivity index (χ1) is 9.16. The zero-order chi connectivity index (χ0) is 13.7. The smallest absolute Gasteiger partial charge is 0.488 e. The van der Waals surface area contributed by atoms with Crippen LogP contribution in [0.1, 0.15) is 6.92 Å². The Bertz CT molecular complexity index is 385. The van der Waals surface area contributed by atoms with Crippen molar-refractivity contribution in [1.82, 2.24) is 4.90 Å². The molecular weight excluding hydrogens is 245 g/mol. The number of ether oxygens (including phenoxy) is 2. The van der Waals surface area contributed by atoms with Gasteiger partial charge < -0.3 is 19.5 Å². The Balaban J connectivity index is 1.75. The normalized spacial score (nSPS) is 20.3. The lowest BCUT2D eigenvalue weighted by Gasteiger charge is -2.32. The van der Waals surface area contributed by atoms with Crippen LogP contribution in [-0.2, 0) is 4.74 Å². The molecule has 1 aromatic carbocycles. The second-order valence-electron chi connectivity index (χ2n) is 4.75. The van der Waals surface area contributed by atoms with E-state index in [0.29, 0.717) is 18.1 Å². The average molecular weight is 265 g/mol. The molecule has 2 N–H and O–H groups in total. The summed E-state index contributed by atoms with van der Waals surface area (Å²) in [5.41, 5.74) is 0.467. The Hall–Kier alpha value is -1.08. The van der Waals surface area contributed by atoms with Gasteiger partial charge in [0.2, 0.25) is 0 Å². The standard InChI is InChI=1S/C13H20BNO4/c1-11-10-18-8-6-15(11)7-9-19-13-4-2-12(3-5-13)14(16)17/h2-5,11,16-17H,6-10H2,1H3. The van der Waals surface area contributed by atoms with Crippen LogP contribution in [0.5, 0.6) is 5.75 Å². The van der Waals surface area contributed by atoms with Gasteiger partial charge in [-0.15, -0.1) is 0 Å². The maximum Gasteiger partial charge on any atom is 0.488 e. The summed E-state index contributed by atoms with van der Waals surface area (Å²) in [7, 11) is -1.43. The third-order valence-corrected chi connectivity index (χ3v) is 3.33. The fraction of sp³-hybridized carbons (Fsp3) is 0.538. The second kappa shape index (κ2) is 6.91. The molecule has 6 heteroatoms. The summed E-state index contributed by atoms with van der Waals surface area (Å²) in [6.45, 7) is 6.15. The van der Waals surface area contributed by atoms with Crippen LogP contribution in [0.4, 0.5) is 0 Å². The molecule has 0 bridgehead atoms. The molecule has 1 aliphatic heterocycles. The minimum atomic E-state index is -1.43. The van der Waals surface area contributed by atoms with Crippen LogP contribution < -0.4 is 10.2 Å².